The van der Waals surface area contributed by atoms with Gasteiger partial charge in [0.05, 0.1) is 5.75 Å². The number of aromatic amines is 1. The summed E-state index contributed by atoms with van der Waals surface area (Å²) in [5, 5.41) is 0. The smallest absolute Gasteiger partial charge is 0.330 e. The highest BCUT2D eigenvalue weighted by molar-refractivity contribution is 8.00. The van der Waals surface area contributed by atoms with Crippen LogP contribution in [0.15, 0.2) is 32.7 Å². The van der Waals surface area contributed by atoms with Crippen molar-refractivity contribution in [2.75, 3.05) is 5.75 Å². The lowest BCUT2D eigenvalue weighted by Gasteiger charge is -2.08. The SMILES string of the molecule is CCCCn1c(=O)[nH]c(=O)c2c1nc(COC(=O)CSc1ccc3c(c1)CCC3)n2CC. The molecule has 0 spiro atoms. The van der Waals surface area contributed by atoms with E-state index in [1.165, 1.54) is 33.9 Å². The predicted octanol–water partition coefficient (Wildman–Crippen LogP) is 3.03. The first-order valence-electron chi connectivity index (χ1n) is 11.1. The van der Waals surface area contributed by atoms with Gasteiger partial charge in [0.25, 0.3) is 5.56 Å². The summed E-state index contributed by atoms with van der Waals surface area (Å²) < 4.78 is 8.66. The maximum absolute atomic E-state index is 12.5. The van der Waals surface area contributed by atoms with Crippen LogP contribution in [0.3, 0.4) is 0 Å². The lowest BCUT2D eigenvalue weighted by Crippen LogP contribution is -2.31. The number of ether oxygens (including phenoxy) is 1. The van der Waals surface area contributed by atoms with E-state index in [1.807, 2.05) is 13.8 Å². The molecule has 0 amide bonds. The zero-order valence-corrected chi connectivity index (χ0v) is 19.3. The molecule has 0 saturated carbocycles. The van der Waals surface area contributed by atoms with Crippen molar-refractivity contribution in [2.24, 2.45) is 0 Å². The van der Waals surface area contributed by atoms with Crippen LogP contribution in [0, 0.1) is 0 Å². The minimum atomic E-state index is -0.475. The van der Waals surface area contributed by atoms with E-state index in [-0.39, 0.29) is 18.3 Å². The number of esters is 1. The van der Waals surface area contributed by atoms with Crippen molar-refractivity contribution in [3.8, 4) is 0 Å². The number of unbranched alkanes of at least 4 members (excludes halogenated alkanes) is 1. The van der Waals surface area contributed by atoms with Crippen LogP contribution in [0.4, 0.5) is 0 Å². The lowest BCUT2D eigenvalue weighted by molar-refractivity contribution is -0.142. The maximum atomic E-state index is 12.5. The van der Waals surface area contributed by atoms with E-state index in [2.05, 4.69) is 28.2 Å². The number of carbonyl (C=O) groups excluding carboxylic acids is 1. The summed E-state index contributed by atoms with van der Waals surface area (Å²) in [4.78, 5) is 45.1. The van der Waals surface area contributed by atoms with Crippen molar-refractivity contribution in [1.82, 2.24) is 19.1 Å². The molecular formula is C23H28N4O4S. The van der Waals surface area contributed by atoms with Gasteiger partial charge in [-0.05, 0) is 55.9 Å². The summed E-state index contributed by atoms with van der Waals surface area (Å²) in [6.07, 6.45) is 5.14. The van der Waals surface area contributed by atoms with Crippen LogP contribution in [0.1, 0.15) is 50.1 Å². The Morgan fingerprint density at radius 3 is 2.78 bits per heavy atom. The van der Waals surface area contributed by atoms with Crippen LogP contribution in [0.5, 0.6) is 0 Å². The molecule has 0 aliphatic heterocycles. The molecule has 0 unspecified atom stereocenters. The van der Waals surface area contributed by atoms with Crippen LogP contribution in [0.25, 0.3) is 11.2 Å². The zero-order chi connectivity index (χ0) is 22.7. The van der Waals surface area contributed by atoms with Gasteiger partial charge in [0.15, 0.2) is 11.2 Å². The number of carbonyl (C=O) groups is 1. The number of aryl methyl sites for hydroxylation is 4. The van der Waals surface area contributed by atoms with Gasteiger partial charge in [-0.1, -0.05) is 19.4 Å². The third-order valence-electron chi connectivity index (χ3n) is 5.81. The number of nitrogens with one attached hydrogen (secondary N) is 1. The van der Waals surface area contributed by atoms with Gasteiger partial charge in [0.2, 0.25) is 0 Å². The van der Waals surface area contributed by atoms with Gasteiger partial charge < -0.3 is 9.30 Å². The van der Waals surface area contributed by atoms with E-state index in [9.17, 15) is 14.4 Å². The van der Waals surface area contributed by atoms with Crippen LogP contribution < -0.4 is 11.2 Å². The fourth-order valence-corrected chi connectivity index (χ4v) is 4.92. The number of H-pyrrole nitrogens is 1. The zero-order valence-electron chi connectivity index (χ0n) is 18.5. The summed E-state index contributed by atoms with van der Waals surface area (Å²) in [5.41, 5.74) is 2.51. The summed E-state index contributed by atoms with van der Waals surface area (Å²) in [7, 11) is 0. The van der Waals surface area contributed by atoms with Gasteiger partial charge in [0, 0.05) is 18.0 Å². The second kappa shape index (κ2) is 9.77. The Morgan fingerprint density at radius 2 is 2.00 bits per heavy atom. The number of hydrogen-bond acceptors (Lipinski definition) is 6. The molecule has 1 N–H and O–H groups in total. The summed E-state index contributed by atoms with van der Waals surface area (Å²) in [5.74, 6) is 0.314. The molecule has 1 aliphatic rings. The molecule has 2 heterocycles. The number of imidazole rings is 1. The first kappa shape index (κ1) is 22.4. The highest BCUT2D eigenvalue weighted by Crippen LogP contribution is 2.27. The van der Waals surface area contributed by atoms with Crippen molar-refractivity contribution >= 4 is 28.9 Å². The van der Waals surface area contributed by atoms with Crippen LogP contribution in [0.2, 0.25) is 0 Å². The highest BCUT2D eigenvalue weighted by atomic mass is 32.2. The van der Waals surface area contributed by atoms with Crippen molar-refractivity contribution in [2.45, 2.75) is 70.5 Å². The van der Waals surface area contributed by atoms with E-state index in [0.29, 0.717) is 30.1 Å². The second-order valence-electron chi connectivity index (χ2n) is 7.94. The Kier molecular flexibility index (Phi) is 6.83. The number of rotatable bonds is 9. The topological polar surface area (TPSA) is 99.0 Å². The largest absolute Gasteiger partial charge is 0.457 e. The maximum Gasteiger partial charge on any atom is 0.330 e. The molecule has 0 radical (unpaired) electrons. The van der Waals surface area contributed by atoms with Crippen LogP contribution in [-0.2, 0) is 42.1 Å². The predicted molar refractivity (Wildman–Crippen MR) is 124 cm³/mol. The summed E-state index contributed by atoms with van der Waals surface area (Å²) >= 11 is 1.46. The molecule has 8 nitrogen and oxygen atoms in total. The molecule has 1 aromatic carbocycles. The van der Waals surface area contributed by atoms with E-state index in [4.69, 9.17) is 4.74 Å². The second-order valence-corrected chi connectivity index (χ2v) is 8.99. The minimum Gasteiger partial charge on any atom is -0.457 e. The number of aromatic nitrogens is 4. The highest BCUT2D eigenvalue weighted by Gasteiger charge is 2.19. The lowest BCUT2D eigenvalue weighted by atomic mass is 10.1. The Labute approximate surface area is 190 Å². The molecular weight excluding hydrogens is 428 g/mol. The molecule has 3 aromatic rings. The Balaban J connectivity index is 1.47. The van der Waals surface area contributed by atoms with Gasteiger partial charge >= 0.3 is 11.7 Å². The van der Waals surface area contributed by atoms with Gasteiger partial charge in [-0.3, -0.25) is 19.1 Å². The third kappa shape index (κ3) is 4.53. The van der Waals surface area contributed by atoms with Gasteiger partial charge in [0.1, 0.15) is 12.4 Å². The normalized spacial score (nSPS) is 12.9. The molecule has 0 fully saturated rings. The quantitative estimate of drug-likeness (QED) is 0.393. The third-order valence-corrected chi connectivity index (χ3v) is 6.77. The molecule has 170 valence electrons. The monoisotopic (exact) mass is 456 g/mol. The van der Waals surface area contributed by atoms with E-state index in [1.54, 1.807) is 4.57 Å². The van der Waals surface area contributed by atoms with E-state index < -0.39 is 11.2 Å². The number of thioether (sulfide) groups is 1. The number of benzene rings is 1. The van der Waals surface area contributed by atoms with Gasteiger partial charge in [-0.25, -0.2) is 9.78 Å². The average molecular weight is 457 g/mol. The first-order chi connectivity index (χ1) is 15.5. The number of nitrogens with zero attached hydrogens (tertiary/aromatic N) is 3. The molecule has 4 rings (SSSR count). The number of fused-ring (bicyclic) bond motifs is 2. The van der Waals surface area contributed by atoms with E-state index in [0.717, 1.165) is 30.6 Å². The first-order valence-corrected chi connectivity index (χ1v) is 12.1. The molecule has 0 saturated heterocycles. The molecule has 32 heavy (non-hydrogen) atoms. The Hall–Kier alpha value is -2.81. The molecule has 9 heteroatoms. The fourth-order valence-electron chi connectivity index (χ4n) is 4.16. The average Bonchev–Trinajstić information content (AvgIpc) is 3.40. The molecule has 0 atom stereocenters. The Bertz CT molecular complexity index is 1260. The van der Waals surface area contributed by atoms with Crippen molar-refractivity contribution < 1.29 is 9.53 Å². The minimum absolute atomic E-state index is 0.0481. The summed E-state index contributed by atoms with van der Waals surface area (Å²) in [6, 6.07) is 6.37. The number of hydrogen-bond donors (Lipinski definition) is 1. The van der Waals surface area contributed by atoms with Gasteiger partial charge in [-0.15, -0.1) is 11.8 Å². The van der Waals surface area contributed by atoms with Crippen molar-refractivity contribution in [3.63, 3.8) is 0 Å². The molecule has 2 aromatic heterocycles. The van der Waals surface area contributed by atoms with Crippen molar-refractivity contribution in [3.05, 3.63) is 56.0 Å². The fraction of sp³-hybridized carbons (Fsp3) is 0.478. The molecule has 1 aliphatic carbocycles. The standard InChI is InChI=1S/C23H28N4O4S/c1-3-5-11-27-21-20(22(29)25-23(27)30)26(4-2)18(24-21)13-31-19(28)14-32-17-10-9-15-7-6-8-16(15)12-17/h9-10,12H,3-8,11,13-14H2,1-2H3,(H,25,29,30). The Morgan fingerprint density at radius 1 is 1.19 bits per heavy atom. The van der Waals surface area contributed by atoms with E-state index >= 15 is 0 Å². The molecule has 0 bridgehead atoms. The van der Waals surface area contributed by atoms with Gasteiger partial charge in [-0.2, -0.15) is 0 Å². The summed E-state index contributed by atoms with van der Waals surface area (Å²) in [6.45, 7) is 4.82. The van der Waals surface area contributed by atoms with Crippen molar-refractivity contribution in [1.29, 1.82) is 0 Å². The van der Waals surface area contributed by atoms with Crippen LogP contribution >= 0.6 is 11.8 Å². The van der Waals surface area contributed by atoms with Crippen LogP contribution in [-0.4, -0.2) is 30.8 Å².